The van der Waals surface area contributed by atoms with Gasteiger partial charge in [0.25, 0.3) is 0 Å². The van der Waals surface area contributed by atoms with Crippen LogP contribution < -0.4 is 10.2 Å². The molecule has 0 aliphatic carbocycles. The molecule has 9 nitrogen and oxygen atoms in total. The number of nitrogens with one attached hydrogen (secondary N) is 1. The first-order valence-electron chi connectivity index (χ1n) is 12.7. The summed E-state index contributed by atoms with van der Waals surface area (Å²) in [5.74, 6) is 1.42. The van der Waals surface area contributed by atoms with E-state index in [-0.39, 0.29) is 12.4 Å². The molecule has 1 N–H and O–H groups in total. The van der Waals surface area contributed by atoms with Crippen LogP contribution in [0.5, 0.6) is 0 Å². The number of benzene rings is 2. The largest absolute Gasteiger partial charge is 0.379 e. The molecule has 2 aliphatic rings. The van der Waals surface area contributed by atoms with E-state index in [1.165, 1.54) is 0 Å². The predicted octanol–water partition coefficient (Wildman–Crippen LogP) is 4.48. The predicted molar refractivity (Wildman–Crippen MR) is 153 cm³/mol. The van der Waals surface area contributed by atoms with Gasteiger partial charge in [-0.1, -0.05) is 17.7 Å². The monoisotopic (exact) mass is 555 g/mol. The van der Waals surface area contributed by atoms with Crippen LogP contribution in [0.3, 0.4) is 0 Å². The van der Waals surface area contributed by atoms with Crippen molar-refractivity contribution < 1.29 is 9.47 Å². The lowest BCUT2D eigenvalue weighted by Gasteiger charge is -2.27. The molecule has 0 saturated carbocycles. The molecule has 2 saturated heterocycles. The van der Waals surface area contributed by atoms with Crippen molar-refractivity contribution in [2.24, 2.45) is 0 Å². The van der Waals surface area contributed by atoms with Gasteiger partial charge in [0.05, 0.1) is 49.5 Å². The van der Waals surface area contributed by atoms with E-state index in [0.717, 1.165) is 86.3 Å². The topological polar surface area (TPSA) is 80.6 Å². The van der Waals surface area contributed by atoms with Crippen LogP contribution >= 0.6 is 24.0 Å². The molecule has 4 heterocycles. The number of anilines is 3. The summed E-state index contributed by atoms with van der Waals surface area (Å²) in [6.45, 7) is 8.28. The van der Waals surface area contributed by atoms with Crippen molar-refractivity contribution in [2.45, 2.75) is 6.54 Å². The molecule has 2 aromatic carbocycles. The number of halogens is 2. The summed E-state index contributed by atoms with van der Waals surface area (Å²) in [6, 6.07) is 15.9. The molecule has 0 radical (unpaired) electrons. The zero-order valence-corrected chi connectivity index (χ0v) is 22.6. The molecule has 0 atom stereocenters. The van der Waals surface area contributed by atoms with Crippen LogP contribution in [0.1, 0.15) is 0 Å². The van der Waals surface area contributed by atoms with Gasteiger partial charge < -0.3 is 24.3 Å². The average molecular weight is 556 g/mol. The Morgan fingerprint density at radius 1 is 0.842 bits per heavy atom. The summed E-state index contributed by atoms with van der Waals surface area (Å²) in [7, 11) is 0. The third-order valence-electron chi connectivity index (χ3n) is 6.80. The summed E-state index contributed by atoms with van der Waals surface area (Å²) < 4.78 is 13.3. The van der Waals surface area contributed by atoms with Crippen molar-refractivity contribution >= 4 is 52.5 Å². The van der Waals surface area contributed by atoms with E-state index >= 15 is 0 Å². The van der Waals surface area contributed by atoms with Crippen molar-refractivity contribution in [3.8, 4) is 11.3 Å². The number of nitrogens with zero attached hydrogens (tertiary/aromatic N) is 6. The number of imidazole rings is 1. The van der Waals surface area contributed by atoms with Gasteiger partial charge in [0.15, 0.2) is 0 Å². The molecule has 11 heteroatoms. The Hall–Kier alpha value is -2.95. The number of hydrogen-bond acceptors (Lipinski definition) is 8. The molecule has 0 amide bonds. The molecular formula is C27H31Cl2N7O2. The summed E-state index contributed by atoms with van der Waals surface area (Å²) in [5, 5.41) is 4.12. The van der Waals surface area contributed by atoms with E-state index in [9.17, 15) is 0 Å². The van der Waals surface area contributed by atoms with Crippen LogP contribution in [0.15, 0.2) is 54.9 Å². The number of ether oxygens (including phenoxy) is 2. The molecule has 6 rings (SSSR count). The van der Waals surface area contributed by atoms with Gasteiger partial charge in [-0.25, -0.2) is 9.97 Å². The Morgan fingerprint density at radius 3 is 2.34 bits per heavy atom. The fourth-order valence-corrected chi connectivity index (χ4v) is 4.83. The van der Waals surface area contributed by atoms with Crippen LogP contribution in [0.2, 0.25) is 5.02 Å². The van der Waals surface area contributed by atoms with Crippen LogP contribution in [-0.2, 0) is 16.0 Å². The number of hydrogen-bond donors (Lipinski definition) is 1. The first-order valence-corrected chi connectivity index (χ1v) is 13.1. The quantitative estimate of drug-likeness (QED) is 0.357. The smallest absolute Gasteiger partial charge is 0.228 e. The van der Waals surface area contributed by atoms with Crippen molar-refractivity contribution in [2.75, 3.05) is 69.4 Å². The van der Waals surface area contributed by atoms with Crippen molar-refractivity contribution in [3.05, 3.63) is 59.9 Å². The first-order chi connectivity index (χ1) is 18.2. The van der Waals surface area contributed by atoms with Crippen molar-refractivity contribution in [1.82, 2.24) is 24.4 Å². The Labute approximate surface area is 233 Å². The molecule has 2 aliphatic heterocycles. The van der Waals surface area contributed by atoms with E-state index < -0.39 is 0 Å². The van der Waals surface area contributed by atoms with Gasteiger partial charge in [-0.3, -0.25) is 4.90 Å². The second-order valence-electron chi connectivity index (χ2n) is 9.27. The second-order valence-corrected chi connectivity index (χ2v) is 9.70. The maximum atomic E-state index is 6.08. The average Bonchev–Trinajstić information content (AvgIpc) is 3.36. The van der Waals surface area contributed by atoms with Gasteiger partial charge in [0.2, 0.25) is 5.95 Å². The first kappa shape index (κ1) is 26.6. The number of aromatic nitrogens is 4. The normalized spacial score (nSPS) is 16.4. The molecule has 2 fully saturated rings. The van der Waals surface area contributed by atoms with Crippen molar-refractivity contribution in [1.29, 1.82) is 0 Å². The number of rotatable bonds is 7. The Kier molecular flexibility index (Phi) is 8.61. The van der Waals surface area contributed by atoms with Crippen LogP contribution in [0.25, 0.3) is 22.3 Å². The maximum Gasteiger partial charge on any atom is 0.228 e. The van der Waals surface area contributed by atoms with Crippen LogP contribution in [0.4, 0.5) is 17.5 Å². The highest BCUT2D eigenvalue weighted by Crippen LogP contribution is 2.28. The van der Waals surface area contributed by atoms with Gasteiger partial charge >= 0.3 is 0 Å². The van der Waals surface area contributed by atoms with E-state index in [4.69, 9.17) is 31.0 Å². The Morgan fingerprint density at radius 2 is 1.58 bits per heavy atom. The summed E-state index contributed by atoms with van der Waals surface area (Å²) in [4.78, 5) is 19.0. The van der Waals surface area contributed by atoms with Gasteiger partial charge in [0.1, 0.15) is 5.82 Å². The Bertz CT molecular complexity index is 1350. The lowest BCUT2D eigenvalue weighted by molar-refractivity contribution is 0.0365. The zero-order chi connectivity index (χ0) is 25.0. The fraction of sp³-hybridized carbons (Fsp3) is 0.370. The lowest BCUT2D eigenvalue weighted by Crippen LogP contribution is -2.38. The molecule has 2 aromatic heterocycles. The third kappa shape index (κ3) is 6.19. The third-order valence-corrected chi connectivity index (χ3v) is 7.05. The van der Waals surface area contributed by atoms with Gasteiger partial charge in [-0.15, -0.1) is 12.4 Å². The SMILES string of the molecule is Cl.Clc1ccc(Nc2cc(-c3ccc4ncn(CCN5CCOCC5)c4c3)nc(N3CCOCC3)n2)cc1. The van der Waals surface area contributed by atoms with E-state index in [2.05, 4.69) is 42.9 Å². The molecule has 0 bridgehead atoms. The van der Waals surface area contributed by atoms with Gasteiger partial charge in [0, 0.05) is 61.6 Å². The molecule has 0 spiro atoms. The van der Waals surface area contributed by atoms with Gasteiger partial charge in [-0.05, 0) is 36.4 Å². The molecule has 4 aromatic rings. The minimum absolute atomic E-state index is 0. The zero-order valence-electron chi connectivity index (χ0n) is 21.1. The summed E-state index contributed by atoms with van der Waals surface area (Å²) >= 11 is 6.08. The van der Waals surface area contributed by atoms with E-state index in [1.807, 2.05) is 36.7 Å². The highest BCUT2D eigenvalue weighted by Gasteiger charge is 2.18. The van der Waals surface area contributed by atoms with Crippen LogP contribution in [-0.4, -0.2) is 83.6 Å². The van der Waals surface area contributed by atoms with Gasteiger partial charge in [-0.2, -0.15) is 4.98 Å². The Balaban J connectivity index is 0.00000294. The minimum Gasteiger partial charge on any atom is -0.379 e. The number of fused-ring (bicyclic) bond motifs is 1. The summed E-state index contributed by atoms with van der Waals surface area (Å²) in [6.07, 6.45) is 1.93. The van der Waals surface area contributed by atoms with Crippen molar-refractivity contribution in [3.63, 3.8) is 0 Å². The lowest BCUT2D eigenvalue weighted by atomic mass is 10.1. The van der Waals surface area contributed by atoms with E-state index in [0.29, 0.717) is 24.2 Å². The minimum atomic E-state index is 0. The number of morpholine rings is 2. The summed E-state index contributed by atoms with van der Waals surface area (Å²) in [5.41, 5.74) is 4.88. The molecule has 200 valence electrons. The fourth-order valence-electron chi connectivity index (χ4n) is 4.70. The highest BCUT2D eigenvalue weighted by atomic mass is 35.5. The second kappa shape index (κ2) is 12.3. The molecule has 38 heavy (non-hydrogen) atoms. The van der Waals surface area contributed by atoms with Crippen LogP contribution in [0, 0.1) is 0 Å². The molecular weight excluding hydrogens is 525 g/mol. The highest BCUT2D eigenvalue weighted by molar-refractivity contribution is 6.30. The standard InChI is InChI=1S/C27H30ClN7O2.ClH/c28-21-2-4-22(5-3-21)30-26-18-24(31-27(32-26)34-11-15-37-16-12-34)20-1-6-23-25(17-20)35(19-29-23)8-7-33-9-13-36-14-10-33;/h1-6,17-19H,7-16H2,(H,30,31,32);1H. The maximum absolute atomic E-state index is 6.08. The molecule has 0 unspecified atom stereocenters. The van der Waals surface area contributed by atoms with E-state index in [1.54, 1.807) is 0 Å².